The zero-order chi connectivity index (χ0) is 4.00. The molecule has 0 saturated carbocycles. The first-order valence-corrected chi connectivity index (χ1v) is 10.3. The van der Waals surface area contributed by atoms with Gasteiger partial charge in [0.2, 0.25) is 0 Å². The fraction of sp³-hybridized carbons (Fsp3) is 0. The molecule has 0 aliphatic rings. The third-order valence-corrected chi connectivity index (χ3v) is 0. The molecule has 0 aliphatic carbocycles. The van der Waals surface area contributed by atoms with Crippen molar-refractivity contribution < 1.29 is 0 Å². The van der Waals surface area contributed by atoms with Crippen LogP contribution in [0, 0.1) is 0 Å². The van der Waals surface area contributed by atoms with E-state index in [0.717, 1.165) is 23.3 Å². The predicted octanol–water partition coefficient (Wildman–Crippen LogP) is 0.425. The van der Waals surface area contributed by atoms with E-state index < -0.39 is 0 Å². The molecule has 0 aromatic carbocycles. The van der Waals surface area contributed by atoms with Crippen LogP contribution in [0.3, 0.4) is 0 Å². The van der Waals surface area contributed by atoms with Crippen LogP contribution in [0.2, 0.25) is 0 Å². The summed E-state index contributed by atoms with van der Waals surface area (Å²) in [6.07, 6.45) is 3.10. The molecule has 0 nitrogen and oxygen atoms in total. The molecular formula is H2GaInP2. The zero-order valence-corrected chi connectivity index (χ0v) is 9.87. The molecule has 18 valence electrons. The summed E-state index contributed by atoms with van der Waals surface area (Å²) < 4.78 is 0. The SMILES string of the molecule is [PH]=[Ga].[PH]=[In]. The average Bonchev–Trinajstić information content (AvgIpc) is 1.50. The Labute approximate surface area is 53.6 Å². The quantitative estimate of drug-likeness (QED) is 0.431. The summed E-state index contributed by atoms with van der Waals surface area (Å²) in [6, 6.07) is 0. The summed E-state index contributed by atoms with van der Waals surface area (Å²) in [5.41, 5.74) is 0. The van der Waals surface area contributed by atoms with Gasteiger partial charge in [-0.1, -0.05) is 0 Å². The average molecular weight is 249 g/mol. The second-order valence-electron chi connectivity index (χ2n) is 0. The van der Waals surface area contributed by atoms with Crippen LogP contribution in [0.15, 0.2) is 0 Å². The van der Waals surface area contributed by atoms with Crippen LogP contribution in [-0.4, -0.2) is 40.9 Å². The molecule has 0 fully saturated rings. The van der Waals surface area contributed by atoms with E-state index in [4.69, 9.17) is 0 Å². The van der Waals surface area contributed by atoms with E-state index in [1.54, 1.807) is 0 Å². The maximum absolute atomic E-state index is 3.10. The molecule has 0 aromatic rings. The van der Waals surface area contributed by atoms with Gasteiger partial charge in [-0.25, -0.2) is 0 Å². The third kappa shape index (κ3) is 8.93. The van der Waals surface area contributed by atoms with Gasteiger partial charge in [0.1, 0.15) is 0 Å². The van der Waals surface area contributed by atoms with Crippen molar-refractivity contribution in [2.24, 2.45) is 0 Å². The van der Waals surface area contributed by atoms with Gasteiger partial charge in [-0.05, 0) is 0 Å². The van der Waals surface area contributed by atoms with E-state index in [1.807, 2.05) is 0 Å². The van der Waals surface area contributed by atoms with E-state index in [0.29, 0.717) is 0 Å². The maximum atomic E-state index is 3.10. The normalized spacial score (nSPS) is 1.50. The van der Waals surface area contributed by atoms with Crippen LogP contribution in [0.1, 0.15) is 0 Å². The van der Waals surface area contributed by atoms with Crippen LogP contribution in [-0.2, 0) is 0 Å². The molecule has 0 unspecified atom stereocenters. The Kier molecular flexibility index (Phi) is 45.8. The van der Waals surface area contributed by atoms with Crippen LogP contribution >= 0.6 is 13.2 Å². The number of rotatable bonds is 0. The van der Waals surface area contributed by atoms with Crippen molar-refractivity contribution in [3.8, 4) is 0 Å². The summed E-state index contributed by atoms with van der Waals surface area (Å²) in [5.74, 6) is 0. The Morgan fingerprint density at radius 2 is 1.25 bits per heavy atom. The molecule has 2 radical (unpaired) electrons. The molecule has 0 aromatic heterocycles. The third-order valence-electron chi connectivity index (χ3n) is 0. The molecule has 0 rings (SSSR count). The Balaban J connectivity index is 0. The van der Waals surface area contributed by atoms with Gasteiger partial charge in [0.05, 0.1) is 0 Å². The molecular weight excluding hydrogens is 246 g/mol. The molecule has 4 heavy (non-hydrogen) atoms. The molecule has 4 heteroatoms. The molecule has 0 atom stereocenters. The van der Waals surface area contributed by atoms with E-state index in [-0.39, 0.29) is 0 Å². The van der Waals surface area contributed by atoms with Gasteiger partial charge in [-0.2, -0.15) is 0 Å². The molecule has 0 heterocycles. The van der Waals surface area contributed by atoms with Crippen molar-refractivity contribution >= 4 is 54.1 Å². The molecule has 0 amide bonds. The second kappa shape index (κ2) is 19.4. The predicted molar refractivity (Wildman–Crippen MR) is 28.1 cm³/mol. The fourth-order valence-corrected chi connectivity index (χ4v) is 0. The molecule has 0 spiro atoms. The first-order valence-electron chi connectivity index (χ1n) is 0.577. The van der Waals surface area contributed by atoms with E-state index >= 15 is 0 Å². The first-order chi connectivity index (χ1) is 2.00. The number of hydrogen-bond acceptors (Lipinski definition) is 0. The van der Waals surface area contributed by atoms with Gasteiger partial charge in [0.15, 0.2) is 0 Å². The van der Waals surface area contributed by atoms with Crippen molar-refractivity contribution in [2.75, 3.05) is 0 Å². The standard InChI is InChI=1S/Ga.In.2HP/h;;2*1H. The Morgan fingerprint density at radius 1 is 1.25 bits per heavy atom. The minimum absolute atomic E-state index is 1.16. The second-order valence-corrected chi connectivity index (χ2v) is 0. The van der Waals surface area contributed by atoms with Crippen molar-refractivity contribution in [1.29, 1.82) is 0 Å². The van der Waals surface area contributed by atoms with Gasteiger partial charge in [-0.15, -0.1) is 0 Å². The van der Waals surface area contributed by atoms with Crippen LogP contribution in [0.5, 0.6) is 0 Å². The van der Waals surface area contributed by atoms with Crippen molar-refractivity contribution in [1.82, 2.24) is 0 Å². The minimum atomic E-state index is 1.16. The molecule has 0 aliphatic heterocycles. The molecule has 0 N–H and O–H groups in total. The van der Waals surface area contributed by atoms with Crippen molar-refractivity contribution in [2.45, 2.75) is 0 Å². The summed E-state index contributed by atoms with van der Waals surface area (Å²) in [5, 5.41) is 0. The van der Waals surface area contributed by atoms with Gasteiger partial charge >= 0.3 is 54.1 Å². The van der Waals surface area contributed by atoms with E-state index in [9.17, 15) is 0 Å². The topological polar surface area (TPSA) is 0 Å². The van der Waals surface area contributed by atoms with Crippen molar-refractivity contribution in [3.05, 3.63) is 0 Å². The monoisotopic (exact) mass is 248 g/mol. The van der Waals surface area contributed by atoms with Crippen LogP contribution < -0.4 is 0 Å². The Hall–Kier alpha value is 2.11. The summed E-state index contributed by atoms with van der Waals surface area (Å²) in [6.45, 7) is 0. The van der Waals surface area contributed by atoms with Gasteiger partial charge in [0.25, 0.3) is 0 Å². The Morgan fingerprint density at radius 3 is 1.25 bits per heavy atom. The summed E-state index contributed by atoms with van der Waals surface area (Å²) >= 11 is 2.65. The van der Waals surface area contributed by atoms with Gasteiger partial charge in [-0.3, -0.25) is 0 Å². The van der Waals surface area contributed by atoms with Gasteiger partial charge < -0.3 is 0 Å². The first kappa shape index (κ1) is 9.44. The van der Waals surface area contributed by atoms with E-state index in [2.05, 4.69) is 13.2 Å². The van der Waals surface area contributed by atoms with E-state index in [1.165, 1.54) is 17.6 Å². The van der Waals surface area contributed by atoms with Crippen molar-refractivity contribution in [3.63, 3.8) is 0 Å². The van der Waals surface area contributed by atoms with Crippen LogP contribution in [0.25, 0.3) is 0 Å². The molecule has 0 saturated heterocycles. The fourth-order valence-electron chi connectivity index (χ4n) is 0. The molecule has 0 bridgehead atoms. The number of hydrogen-bond donors (Lipinski definition) is 0. The Bertz CT molecular complexity index is 8.00. The van der Waals surface area contributed by atoms with Gasteiger partial charge in [0, 0.05) is 0 Å². The summed E-state index contributed by atoms with van der Waals surface area (Å²) in [7, 11) is 3.03. The van der Waals surface area contributed by atoms with Crippen LogP contribution in [0.4, 0.5) is 0 Å². The summed E-state index contributed by atoms with van der Waals surface area (Å²) in [4.78, 5) is 0. The zero-order valence-electron chi connectivity index (χ0n) is 2.15.